The molecule has 1 aromatic heterocycles. The van der Waals surface area contributed by atoms with Crippen LogP contribution in [0.3, 0.4) is 0 Å². The predicted octanol–water partition coefficient (Wildman–Crippen LogP) is 3.51. The van der Waals surface area contributed by atoms with Crippen molar-refractivity contribution in [1.82, 2.24) is 4.98 Å². The highest BCUT2D eigenvalue weighted by atomic mass is 127. The molecular weight excluding hydrogens is 384 g/mol. The van der Waals surface area contributed by atoms with Crippen molar-refractivity contribution < 1.29 is 0 Å². The molecule has 0 spiro atoms. The maximum absolute atomic E-state index is 4.37. The Bertz CT molecular complexity index is 396. The van der Waals surface area contributed by atoms with E-state index in [1.165, 1.54) is 8.27 Å². The van der Waals surface area contributed by atoms with Gasteiger partial charge >= 0.3 is 0 Å². The molecule has 0 fully saturated rings. The standard InChI is InChI=1S/C7H3I2NS/c8-4-1-2-6-5(3-4)10-7(9)11-6/h1-3H. The Hall–Kier alpha value is 0.570. The van der Waals surface area contributed by atoms with Crippen LogP contribution in [0.15, 0.2) is 18.2 Å². The highest BCUT2D eigenvalue weighted by molar-refractivity contribution is 14.1. The summed E-state index contributed by atoms with van der Waals surface area (Å²) in [6, 6.07) is 6.34. The van der Waals surface area contributed by atoms with E-state index in [-0.39, 0.29) is 0 Å². The maximum Gasteiger partial charge on any atom is 0.155 e. The molecule has 0 aliphatic carbocycles. The number of nitrogens with zero attached hydrogens (tertiary/aromatic N) is 1. The van der Waals surface area contributed by atoms with Gasteiger partial charge in [0.1, 0.15) is 0 Å². The minimum atomic E-state index is 1.11. The smallest absolute Gasteiger partial charge is 0.155 e. The Labute approximate surface area is 95.5 Å². The molecule has 0 saturated heterocycles. The molecule has 2 rings (SSSR count). The summed E-state index contributed by atoms with van der Waals surface area (Å²) < 4.78 is 3.63. The van der Waals surface area contributed by atoms with Crippen LogP contribution < -0.4 is 0 Å². The highest BCUT2D eigenvalue weighted by Crippen LogP contribution is 2.24. The Balaban J connectivity index is 2.82. The normalized spacial score (nSPS) is 10.7. The van der Waals surface area contributed by atoms with E-state index in [2.05, 4.69) is 68.4 Å². The molecule has 0 unspecified atom stereocenters. The van der Waals surface area contributed by atoms with Crippen LogP contribution in [0.5, 0.6) is 0 Å². The van der Waals surface area contributed by atoms with Crippen LogP contribution in [0.1, 0.15) is 0 Å². The summed E-state index contributed by atoms with van der Waals surface area (Å²) in [6.45, 7) is 0. The lowest BCUT2D eigenvalue weighted by Gasteiger charge is -1.86. The van der Waals surface area contributed by atoms with Crippen molar-refractivity contribution in [3.63, 3.8) is 0 Å². The molecule has 0 N–H and O–H groups in total. The highest BCUT2D eigenvalue weighted by Gasteiger charge is 1.99. The second-order valence-electron chi connectivity index (χ2n) is 2.08. The van der Waals surface area contributed by atoms with E-state index in [1.807, 2.05) is 0 Å². The third-order valence-corrected chi connectivity index (χ3v) is 3.72. The number of aromatic nitrogens is 1. The first kappa shape index (κ1) is 8.18. The Kier molecular flexibility index (Phi) is 2.33. The number of benzene rings is 1. The zero-order valence-electron chi connectivity index (χ0n) is 5.34. The molecular formula is C7H3I2NS. The SMILES string of the molecule is Ic1ccc2sc(I)nc2c1. The van der Waals surface area contributed by atoms with Gasteiger partial charge in [0.2, 0.25) is 0 Å². The van der Waals surface area contributed by atoms with Crippen molar-refractivity contribution in [1.29, 1.82) is 0 Å². The van der Waals surface area contributed by atoms with E-state index < -0.39 is 0 Å². The molecule has 1 heterocycles. The third-order valence-electron chi connectivity index (χ3n) is 1.32. The minimum absolute atomic E-state index is 1.11. The van der Waals surface area contributed by atoms with Crippen molar-refractivity contribution in [2.45, 2.75) is 0 Å². The summed E-state index contributed by atoms with van der Waals surface area (Å²) in [5, 5.41) is 0. The topological polar surface area (TPSA) is 12.9 Å². The largest absolute Gasteiger partial charge is 0.230 e. The number of hydrogen-bond acceptors (Lipinski definition) is 2. The molecule has 0 aliphatic rings. The van der Waals surface area contributed by atoms with E-state index in [1.54, 1.807) is 11.3 Å². The van der Waals surface area contributed by atoms with Gasteiger partial charge in [0, 0.05) is 3.57 Å². The van der Waals surface area contributed by atoms with Crippen molar-refractivity contribution in [3.05, 3.63) is 24.8 Å². The third kappa shape index (κ3) is 1.67. The average molecular weight is 387 g/mol. The molecule has 2 aromatic rings. The number of fused-ring (bicyclic) bond motifs is 1. The summed E-state index contributed by atoms with van der Waals surface area (Å²) in [5.41, 5.74) is 1.12. The van der Waals surface area contributed by atoms with E-state index in [4.69, 9.17) is 0 Å². The Morgan fingerprint density at radius 2 is 2.09 bits per heavy atom. The molecule has 1 aromatic carbocycles. The molecule has 56 valence electrons. The molecule has 0 bridgehead atoms. The summed E-state index contributed by atoms with van der Waals surface area (Å²) in [6.07, 6.45) is 0. The summed E-state index contributed by atoms with van der Waals surface area (Å²) in [4.78, 5) is 4.37. The van der Waals surface area contributed by atoms with E-state index >= 15 is 0 Å². The van der Waals surface area contributed by atoms with Gasteiger partial charge in [-0.1, -0.05) is 0 Å². The minimum Gasteiger partial charge on any atom is -0.230 e. The molecule has 0 amide bonds. The lowest BCUT2D eigenvalue weighted by Crippen LogP contribution is -1.70. The average Bonchev–Trinajstić information content (AvgIpc) is 2.27. The van der Waals surface area contributed by atoms with Gasteiger partial charge < -0.3 is 0 Å². The molecule has 4 heteroatoms. The van der Waals surface area contributed by atoms with Gasteiger partial charge in [-0.25, -0.2) is 4.98 Å². The van der Waals surface area contributed by atoms with Crippen LogP contribution in [-0.2, 0) is 0 Å². The number of thiazole rings is 1. The van der Waals surface area contributed by atoms with Gasteiger partial charge in [-0.05, 0) is 63.4 Å². The Morgan fingerprint density at radius 1 is 1.27 bits per heavy atom. The van der Waals surface area contributed by atoms with Gasteiger partial charge in [-0.2, -0.15) is 0 Å². The molecule has 0 aliphatic heterocycles. The van der Waals surface area contributed by atoms with Gasteiger partial charge in [-0.15, -0.1) is 11.3 Å². The quantitative estimate of drug-likeness (QED) is 0.631. The van der Waals surface area contributed by atoms with Gasteiger partial charge in [0.15, 0.2) is 3.01 Å². The maximum atomic E-state index is 4.37. The van der Waals surface area contributed by atoms with Crippen LogP contribution in [0.4, 0.5) is 0 Å². The van der Waals surface area contributed by atoms with Crippen molar-refractivity contribution in [2.75, 3.05) is 0 Å². The number of hydrogen-bond donors (Lipinski definition) is 0. The van der Waals surface area contributed by atoms with Crippen LogP contribution in [0.25, 0.3) is 10.2 Å². The molecule has 1 nitrogen and oxygen atoms in total. The zero-order valence-corrected chi connectivity index (χ0v) is 10.5. The molecule has 0 saturated carbocycles. The summed E-state index contributed by atoms with van der Waals surface area (Å²) >= 11 is 6.28. The first-order valence-electron chi connectivity index (χ1n) is 2.97. The van der Waals surface area contributed by atoms with E-state index in [0.717, 1.165) is 8.53 Å². The Morgan fingerprint density at radius 3 is 2.91 bits per heavy atom. The van der Waals surface area contributed by atoms with Gasteiger partial charge in [-0.3, -0.25) is 0 Å². The van der Waals surface area contributed by atoms with Crippen LogP contribution in [0.2, 0.25) is 0 Å². The van der Waals surface area contributed by atoms with Gasteiger partial charge in [0.05, 0.1) is 10.2 Å². The van der Waals surface area contributed by atoms with Crippen LogP contribution in [-0.4, -0.2) is 4.98 Å². The summed E-state index contributed by atoms with van der Waals surface area (Å²) in [5.74, 6) is 0. The molecule has 0 radical (unpaired) electrons. The van der Waals surface area contributed by atoms with Crippen molar-refractivity contribution >= 4 is 66.7 Å². The van der Waals surface area contributed by atoms with Crippen LogP contribution >= 0.6 is 56.5 Å². The number of halogens is 2. The lowest BCUT2D eigenvalue weighted by molar-refractivity contribution is 1.44. The fourth-order valence-electron chi connectivity index (χ4n) is 0.872. The fraction of sp³-hybridized carbons (Fsp3) is 0. The summed E-state index contributed by atoms with van der Waals surface area (Å²) in [7, 11) is 0. The molecule has 11 heavy (non-hydrogen) atoms. The van der Waals surface area contributed by atoms with E-state index in [9.17, 15) is 0 Å². The monoisotopic (exact) mass is 387 g/mol. The van der Waals surface area contributed by atoms with Gasteiger partial charge in [0.25, 0.3) is 0 Å². The lowest BCUT2D eigenvalue weighted by atomic mass is 10.3. The van der Waals surface area contributed by atoms with Crippen molar-refractivity contribution in [2.24, 2.45) is 0 Å². The molecule has 0 atom stereocenters. The van der Waals surface area contributed by atoms with Crippen molar-refractivity contribution in [3.8, 4) is 0 Å². The zero-order chi connectivity index (χ0) is 7.84. The second-order valence-corrected chi connectivity index (χ2v) is 6.11. The van der Waals surface area contributed by atoms with E-state index in [0.29, 0.717) is 0 Å². The first-order chi connectivity index (χ1) is 5.25. The fourth-order valence-corrected chi connectivity index (χ4v) is 2.99. The second kappa shape index (κ2) is 3.14. The number of rotatable bonds is 0. The first-order valence-corrected chi connectivity index (χ1v) is 5.95. The predicted molar refractivity (Wildman–Crippen MR) is 65.1 cm³/mol. The van der Waals surface area contributed by atoms with Crippen LogP contribution in [0, 0.1) is 6.58 Å².